The Morgan fingerprint density at radius 1 is 1.23 bits per heavy atom. The van der Waals surface area contributed by atoms with Crippen LogP contribution in [-0.2, 0) is 19.1 Å². The minimum Gasteiger partial charge on any atom is -0.455 e. The first-order valence-corrected chi connectivity index (χ1v) is 10.2. The Balaban J connectivity index is 1.54. The molecule has 1 fully saturated rings. The molecule has 3 rings (SSSR count). The molecule has 1 atom stereocenters. The van der Waals surface area contributed by atoms with E-state index in [0.29, 0.717) is 11.4 Å². The molecule has 1 heterocycles. The minimum atomic E-state index is -0.715. The summed E-state index contributed by atoms with van der Waals surface area (Å²) in [6.45, 7) is 3.43. The van der Waals surface area contributed by atoms with Gasteiger partial charge in [-0.15, -0.1) is 0 Å². The number of carbonyl (C=O) groups is 3. The van der Waals surface area contributed by atoms with E-state index in [1.54, 1.807) is 12.1 Å². The van der Waals surface area contributed by atoms with Gasteiger partial charge in [-0.05, 0) is 49.2 Å². The molecule has 0 spiro atoms. The minimum absolute atomic E-state index is 0.0530. The van der Waals surface area contributed by atoms with Crippen LogP contribution in [0.2, 0.25) is 0 Å². The number of ether oxygens (including phenoxy) is 1. The van der Waals surface area contributed by atoms with E-state index in [0.717, 1.165) is 15.6 Å². The van der Waals surface area contributed by atoms with E-state index < -0.39 is 29.3 Å². The third-order valence-corrected chi connectivity index (χ3v) is 6.15. The largest absolute Gasteiger partial charge is 0.455 e. The zero-order valence-corrected chi connectivity index (χ0v) is 18.5. The van der Waals surface area contributed by atoms with Gasteiger partial charge in [0.25, 0.3) is 11.6 Å². The first-order chi connectivity index (χ1) is 14.7. The third kappa shape index (κ3) is 5.26. The molecule has 0 saturated carbocycles. The van der Waals surface area contributed by atoms with Gasteiger partial charge in [0.05, 0.1) is 10.8 Å². The Morgan fingerprint density at radius 3 is 2.42 bits per heavy atom. The van der Waals surface area contributed by atoms with Crippen LogP contribution in [0.5, 0.6) is 0 Å². The number of aryl methyl sites for hydroxylation is 2. The Morgan fingerprint density at radius 2 is 1.84 bits per heavy atom. The zero-order chi connectivity index (χ0) is 22.7. The molecular formula is C21H20BrN3O6. The Labute approximate surface area is 186 Å². The normalized spacial score (nSPS) is 15.6. The van der Waals surface area contributed by atoms with Crippen molar-refractivity contribution < 1.29 is 24.0 Å². The van der Waals surface area contributed by atoms with Gasteiger partial charge in [0, 0.05) is 40.9 Å². The van der Waals surface area contributed by atoms with Crippen molar-refractivity contribution in [3.63, 3.8) is 0 Å². The summed E-state index contributed by atoms with van der Waals surface area (Å²) in [5, 5.41) is 13.4. The predicted molar refractivity (Wildman–Crippen MR) is 117 cm³/mol. The van der Waals surface area contributed by atoms with Gasteiger partial charge >= 0.3 is 5.97 Å². The number of halogens is 1. The van der Waals surface area contributed by atoms with Crippen LogP contribution in [0.15, 0.2) is 40.9 Å². The van der Waals surface area contributed by atoms with Crippen molar-refractivity contribution in [2.75, 3.05) is 23.4 Å². The predicted octanol–water partition coefficient (Wildman–Crippen LogP) is 3.51. The summed E-state index contributed by atoms with van der Waals surface area (Å²) in [4.78, 5) is 48.4. The summed E-state index contributed by atoms with van der Waals surface area (Å²) in [6.07, 6.45) is -0.0530. The fourth-order valence-corrected chi connectivity index (χ4v) is 3.57. The maximum absolute atomic E-state index is 12.3. The van der Waals surface area contributed by atoms with Gasteiger partial charge in [0.2, 0.25) is 5.91 Å². The highest BCUT2D eigenvalue weighted by molar-refractivity contribution is 9.10. The topological polar surface area (TPSA) is 119 Å². The lowest BCUT2D eigenvalue weighted by atomic mass is 10.1. The molecule has 10 heteroatoms. The summed E-state index contributed by atoms with van der Waals surface area (Å²) in [6, 6.07) is 9.11. The standard InChI is InChI=1S/C21H20BrN3O6/c1-12-7-15(8-13(2)20(12)22)23-18(26)11-31-21(28)14-9-19(27)24(10-14)16-3-5-17(6-4-16)25(29)30/h3-8,14H,9-11H2,1-2H3,(H,23,26)/t14-/m1/s1. The highest BCUT2D eigenvalue weighted by atomic mass is 79.9. The van der Waals surface area contributed by atoms with E-state index >= 15 is 0 Å². The first-order valence-electron chi connectivity index (χ1n) is 9.43. The maximum Gasteiger partial charge on any atom is 0.311 e. The first kappa shape index (κ1) is 22.4. The van der Waals surface area contributed by atoms with Crippen molar-refractivity contribution in [2.24, 2.45) is 5.92 Å². The smallest absolute Gasteiger partial charge is 0.311 e. The third-order valence-electron chi connectivity index (χ3n) is 4.90. The molecule has 9 nitrogen and oxygen atoms in total. The number of nitro groups is 1. The van der Waals surface area contributed by atoms with Crippen LogP contribution in [0.3, 0.4) is 0 Å². The number of non-ortho nitro benzene ring substituents is 1. The molecule has 31 heavy (non-hydrogen) atoms. The summed E-state index contributed by atoms with van der Waals surface area (Å²) in [7, 11) is 0. The number of benzene rings is 2. The van der Waals surface area contributed by atoms with Crippen LogP contribution in [0.4, 0.5) is 17.1 Å². The number of nitro benzene ring substituents is 1. The fourth-order valence-electron chi connectivity index (χ4n) is 3.34. The van der Waals surface area contributed by atoms with E-state index in [2.05, 4.69) is 21.2 Å². The molecular weight excluding hydrogens is 470 g/mol. The highest BCUT2D eigenvalue weighted by Crippen LogP contribution is 2.28. The number of carbonyl (C=O) groups excluding carboxylic acids is 3. The van der Waals surface area contributed by atoms with E-state index in [4.69, 9.17) is 4.74 Å². The molecule has 1 aliphatic rings. The molecule has 2 aromatic rings. The SMILES string of the molecule is Cc1cc(NC(=O)COC(=O)[C@@H]2CC(=O)N(c3ccc([N+](=O)[O-])cc3)C2)cc(C)c1Br. The lowest BCUT2D eigenvalue weighted by Gasteiger charge is -2.16. The molecule has 1 aliphatic heterocycles. The molecule has 162 valence electrons. The Kier molecular flexibility index (Phi) is 6.69. The number of rotatable bonds is 6. The van der Waals surface area contributed by atoms with E-state index in [-0.39, 0.29) is 24.6 Å². The second kappa shape index (κ2) is 9.25. The van der Waals surface area contributed by atoms with Gasteiger partial charge < -0.3 is 15.0 Å². The Hall–Kier alpha value is -3.27. The van der Waals surface area contributed by atoms with E-state index in [1.165, 1.54) is 29.2 Å². The van der Waals surface area contributed by atoms with Crippen LogP contribution < -0.4 is 10.2 Å². The second-order valence-corrected chi connectivity index (χ2v) is 8.05. The molecule has 0 aliphatic carbocycles. The number of hydrogen-bond acceptors (Lipinski definition) is 6. The lowest BCUT2D eigenvalue weighted by molar-refractivity contribution is -0.384. The van der Waals surface area contributed by atoms with Crippen LogP contribution >= 0.6 is 15.9 Å². The maximum atomic E-state index is 12.3. The van der Waals surface area contributed by atoms with E-state index in [9.17, 15) is 24.5 Å². The van der Waals surface area contributed by atoms with Gasteiger partial charge in [-0.3, -0.25) is 24.5 Å². The number of nitrogens with one attached hydrogen (secondary N) is 1. The summed E-state index contributed by atoms with van der Waals surface area (Å²) >= 11 is 3.46. The van der Waals surface area contributed by atoms with Gasteiger partial charge in [-0.2, -0.15) is 0 Å². The van der Waals surface area contributed by atoms with Crippen LogP contribution in [0.25, 0.3) is 0 Å². The highest BCUT2D eigenvalue weighted by Gasteiger charge is 2.36. The number of amides is 2. The number of hydrogen-bond donors (Lipinski definition) is 1. The average molecular weight is 490 g/mol. The lowest BCUT2D eigenvalue weighted by Crippen LogP contribution is -2.28. The van der Waals surface area contributed by atoms with Crippen molar-refractivity contribution in [3.05, 3.63) is 62.1 Å². The zero-order valence-electron chi connectivity index (χ0n) is 16.9. The van der Waals surface area contributed by atoms with Crippen molar-refractivity contribution in [1.82, 2.24) is 0 Å². The summed E-state index contributed by atoms with van der Waals surface area (Å²) in [5.74, 6) is -2.13. The van der Waals surface area contributed by atoms with Gasteiger partial charge in [-0.25, -0.2) is 0 Å². The molecule has 1 N–H and O–H groups in total. The van der Waals surface area contributed by atoms with Gasteiger partial charge in [0.15, 0.2) is 6.61 Å². The Bertz CT molecular complexity index is 1030. The van der Waals surface area contributed by atoms with Crippen molar-refractivity contribution in [3.8, 4) is 0 Å². The summed E-state index contributed by atoms with van der Waals surface area (Å²) < 4.78 is 6.06. The van der Waals surface area contributed by atoms with Crippen LogP contribution in [0.1, 0.15) is 17.5 Å². The van der Waals surface area contributed by atoms with Crippen LogP contribution in [0, 0.1) is 29.9 Å². The van der Waals surface area contributed by atoms with Gasteiger partial charge in [-0.1, -0.05) is 15.9 Å². The number of esters is 1. The average Bonchev–Trinajstić information content (AvgIpc) is 3.12. The fraction of sp³-hybridized carbons (Fsp3) is 0.286. The molecule has 0 unspecified atom stereocenters. The molecule has 1 saturated heterocycles. The molecule has 0 aromatic heterocycles. The number of nitrogens with zero attached hydrogens (tertiary/aromatic N) is 2. The monoisotopic (exact) mass is 489 g/mol. The molecule has 2 aromatic carbocycles. The van der Waals surface area contributed by atoms with Crippen molar-refractivity contribution in [2.45, 2.75) is 20.3 Å². The van der Waals surface area contributed by atoms with Crippen molar-refractivity contribution in [1.29, 1.82) is 0 Å². The molecule has 0 bridgehead atoms. The van der Waals surface area contributed by atoms with E-state index in [1.807, 2.05) is 13.8 Å². The summed E-state index contributed by atoms with van der Waals surface area (Å²) in [5.41, 5.74) is 2.89. The van der Waals surface area contributed by atoms with Crippen LogP contribution in [-0.4, -0.2) is 35.9 Å². The quantitative estimate of drug-likeness (QED) is 0.376. The van der Waals surface area contributed by atoms with Crippen molar-refractivity contribution >= 4 is 50.8 Å². The molecule has 0 radical (unpaired) electrons. The second-order valence-electron chi connectivity index (χ2n) is 7.26. The van der Waals surface area contributed by atoms with Gasteiger partial charge in [0.1, 0.15) is 0 Å². The number of anilines is 2. The molecule has 2 amide bonds.